The summed E-state index contributed by atoms with van der Waals surface area (Å²) in [6.07, 6.45) is 0. The van der Waals surface area contributed by atoms with Crippen molar-refractivity contribution in [3.8, 4) is 5.75 Å². The van der Waals surface area contributed by atoms with Crippen molar-refractivity contribution in [1.29, 1.82) is 0 Å². The third kappa shape index (κ3) is 4.39. The third-order valence-electron chi connectivity index (χ3n) is 2.99. The van der Waals surface area contributed by atoms with Gasteiger partial charge in [0.2, 0.25) is 0 Å². The molecule has 2 aromatic carbocycles. The molecule has 100 valence electrons. The summed E-state index contributed by atoms with van der Waals surface area (Å²) >= 11 is 0. The first-order chi connectivity index (χ1) is 9.28. The van der Waals surface area contributed by atoms with Gasteiger partial charge in [0, 0.05) is 13.1 Å². The molecular weight excluding hydrogens is 236 g/mol. The van der Waals surface area contributed by atoms with Crippen LogP contribution < -0.4 is 15.6 Å². The Hall–Kier alpha value is -1.84. The fraction of sp³-hybridized carbons (Fsp3) is 0.250. The summed E-state index contributed by atoms with van der Waals surface area (Å²) in [5, 5.41) is 0. The van der Waals surface area contributed by atoms with Crippen LogP contribution in [0.2, 0.25) is 0 Å². The predicted molar refractivity (Wildman–Crippen MR) is 77.9 cm³/mol. The highest BCUT2D eigenvalue weighted by Crippen LogP contribution is 2.10. The number of aryl methyl sites for hydroxylation is 1. The van der Waals surface area contributed by atoms with Crippen molar-refractivity contribution in [3.63, 3.8) is 0 Å². The smallest absolute Gasteiger partial charge is 0.118 e. The molecular formula is C16H20N2O. The van der Waals surface area contributed by atoms with Crippen molar-refractivity contribution >= 4 is 0 Å². The van der Waals surface area contributed by atoms with Crippen LogP contribution >= 0.6 is 0 Å². The molecule has 0 saturated carbocycles. The number of nitrogens with one attached hydrogen (secondary N) is 2. The van der Waals surface area contributed by atoms with Gasteiger partial charge in [0.05, 0.1) is 7.11 Å². The topological polar surface area (TPSA) is 33.3 Å². The molecule has 0 amide bonds. The van der Waals surface area contributed by atoms with Crippen LogP contribution in [0.25, 0.3) is 0 Å². The fourth-order valence-electron chi connectivity index (χ4n) is 1.78. The van der Waals surface area contributed by atoms with Crippen LogP contribution in [-0.4, -0.2) is 7.11 Å². The van der Waals surface area contributed by atoms with Gasteiger partial charge in [-0.3, -0.25) is 10.9 Å². The van der Waals surface area contributed by atoms with Crippen molar-refractivity contribution < 1.29 is 4.74 Å². The summed E-state index contributed by atoms with van der Waals surface area (Å²) in [6.45, 7) is 3.70. The number of benzene rings is 2. The van der Waals surface area contributed by atoms with E-state index in [0.717, 1.165) is 18.8 Å². The maximum Gasteiger partial charge on any atom is 0.118 e. The van der Waals surface area contributed by atoms with Gasteiger partial charge < -0.3 is 4.74 Å². The molecule has 0 spiro atoms. The van der Waals surface area contributed by atoms with E-state index in [1.165, 1.54) is 16.7 Å². The molecule has 0 aromatic heterocycles. The Balaban J connectivity index is 1.72. The van der Waals surface area contributed by atoms with E-state index in [-0.39, 0.29) is 0 Å². The lowest BCUT2D eigenvalue weighted by atomic mass is 10.1. The largest absolute Gasteiger partial charge is 0.497 e. The van der Waals surface area contributed by atoms with Crippen LogP contribution in [0.3, 0.4) is 0 Å². The number of hydrazine groups is 1. The number of ether oxygens (including phenoxy) is 1. The second-order valence-electron chi connectivity index (χ2n) is 4.54. The van der Waals surface area contributed by atoms with Crippen LogP contribution in [0.15, 0.2) is 48.5 Å². The molecule has 0 radical (unpaired) electrons. The molecule has 0 fully saturated rings. The van der Waals surface area contributed by atoms with Gasteiger partial charge in [0.1, 0.15) is 5.75 Å². The molecule has 0 bridgehead atoms. The maximum absolute atomic E-state index is 5.13. The summed E-state index contributed by atoms with van der Waals surface area (Å²) in [7, 11) is 1.68. The van der Waals surface area contributed by atoms with E-state index < -0.39 is 0 Å². The minimum absolute atomic E-state index is 0.788. The lowest BCUT2D eigenvalue weighted by Gasteiger charge is -2.08. The van der Waals surface area contributed by atoms with E-state index in [1.807, 2.05) is 12.1 Å². The monoisotopic (exact) mass is 256 g/mol. The normalized spacial score (nSPS) is 10.4. The standard InChI is InChI=1S/C16H20N2O/c1-13-3-5-14(6-4-13)11-17-18-12-15-7-9-16(19-2)10-8-15/h3-10,17-18H,11-12H2,1-2H3. The first-order valence-corrected chi connectivity index (χ1v) is 6.42. The minimum Gasteiger partial charge on any atom is -0.497 e. The molecule has 3 heteroatoms. The summed E-state index contributed by atoms with van der Waals surface area (Å²) in [4.78, 5) is 0. The second kappa shape index (κ2) is 6.92. The zero-order chi connectivity index (χ0) is 13.5. The summed E-state index contributed by atoms with van der Waals surface area (Å²) in [6, 6.07) is 16.6. The molecule has 2 N–H and O–H groups in total. The average molecular weight is 256 g/mol. The van der Waals surface area contributed by atoms with Gasteiger partial charge in [0.15, 0.2) is 0 Å². The van der Waals surface area contributed by atoms with Gasteiger partial charge in [-0.25, -0.2) is 0 Å². The quantitative estimate of drug-likeness (QED) is 0.616. The molecule has 0 aliphatic carbocycles. The van der Waals surface area contributed by atoms with Gasteiger partial charge in [-0.05, 0) is 30.2 Å². The van der Waals surface area contributed by atoms with Gasteiger partial charge in [-0.15, -0.1) is 0 Å². The Kier molecular flexibility index (Phi) is 4.95. The highest BCUT2D eigenvalue weighted by Gasteiger charge is 1.95. The third-order valence-corrected chi connectivity index (χ3v) is 2.99. The highest BCUT2D eigenvalue weighted by molar-refractivity contribution is 5.27. The Morgan fingerprint density at radius 3 is 1.74 bits per heavy atom. The summed E-state index contributed by atoms with van der Waals surface area (Å²) < 4.78 is 5.13. The molecule has 0 heterocycles. The van der Waals surface area contributed by atoms with E-state index in [9.17, 15) is 0 Å². The van der Waals surface area contributed by atoms with Crippen molar-refractivity contribution in [1.82, 2.24) is 10.9 Å². The van der Waals surface area contributed by atoms with E-state index >= 15 is 0 Å². The fourth-order valence-corrected chi connectivity index (χ4v) is 1.78. The molecule has 19 heavy (non-hydrogen) atoms. The molecule has 0 unspecified atom stereocenters. The zero-order valence-corrected chi connectivity index (χ0v) is 11.4. The second-order valence-corrected chi connectivity index (χ2v) is 4.54. The van der Waals surface area contributed by atoms with E-state index in [0.29, 0.717) is 0 Å². The van der Waals surface area contributed by atoms with Gasteiger partial charge in [0.25, 0.3) is 0 Å². The Morgan fingerprint density at radius 2 is 1.26 bits per heavy atom. The summed E-state index contributed by atoms with van der Waals surface area (Å²) in [5.74, 6) is 0.886. The van der Waals surface area contributed by atoms with Crippen LogP contribution in [0.1, 0.15) is 16.7 Å². The Labute approximate surface area is 114 Å². The van der Waals surface area contributed by atoms with Crippen molar-refractivity contribution in [2.24, 2.45) is 0 Å². The van der Waals surface area contributed by atoms with E-state index in [4.69, 9.17) is 4.74 Å². The predicted octanol–water partition coefficient (Wildman–Crippen LogP) is 2.80. The van der Waals surface area contributed by atoms with Gasteiger partial charge in [-0.2, -0.15) is 0 Å². The number of hydrogen-bond donors (Lipinski definition) is 2. The molecule has 2 rings (SSSR count). The van der Waals surface area contributed by atoms with Crippen molar-refractivity contribution in [2.45, 2.75) is 20.0 Å². The average Bonchev–Trinajstić information content (AvgIpc) is 2.46. The lowest BCUT2D eigenvalue weighted by Crippen LogP contribution is -2.30. The van der Waals surface area contributed by atoms with Crippen LogP contribution in [-0.2, 0) is 13.1 Å². The Morgan fingerprint density at radius 1 is 0.789 bits per heavy atom. The molecule has 0 aliphatic rings. The van der Waals surface area contributed by atoms with Crippen molar-refractivity contribution in [3.05, 3.63) is 65.2 Å². The molecule has 0 saturated heterocycles. The van der Waals surface area contributed by atoms with Crippen LogP contribution in [0.4, 0.5) is 0 Å². The van der Waals surface area contributed by atoms with Gasteiger partial charge >= 0.3 is 0 Å². The van der Waals surface area contributed by atoms with E-state index in [1.54, 1.807) is 7.11 Å². The van der Waals surface area contributed by atoms with E-state index in [2.05, 4.69) is 54.2 Å². The molecule has 3 nitrogen and oxygen atoms in total. The molecule has 0 atom stereocenters. The Bertz CT molecular complexity index is 491. The minimum atomic E-state index is 0.788. The first kappa shape index (κ1) is 13.6. The molecule has 0 aliphatic heterocycles. The summed E-state index contributed by atoms with van der Waals surface area (Å²) in [5.41, 5.74) is 10.2. The zero-order valence-electron chi connectivity index (χ0n) is 11.4. The first-order valence-electron chi connectivity index (χ1n) is 6.42. The van der Waals surface area contributed by atoms with Crippen LogP contribution in [0.5, 0.6) is 5.75 Å². The highest BCUT2D eigenvalue weighted by atomic mass is 16.5. The van der Waals surface area contributed by atoms with Crippen molar-refractivity contribution in [2.75, 3.05) is 7.11 Å². The van der Waals surface area contributed by atoms with Crippen LogP contribution in [0, 0.1) is 6.92 Å². The maximum atomic E-state index is 5.13. The molecule has 2 aromatic rings. The SMILES string of the molecule is COc1ccc(CNNCc2ccc(C)cc2)cc1. The number of rotatable bonds is 6. The number of methoxy groups -OCH3 is 1. The van der Waals surface area contributed by atoms with Gasteiger partial charge in [-0.1, -0.05) is 42.0 Å². The lowest BCUT2D eigenvalue weighted by molar-refractivity contribution is 0.414. The number of hydrogen-bond acceptors (Lipinski definition) is 3.